The number of alkyl halides is 2. The molecule has 24 nitrogen and oxygen atoms in total. The van der Waals surface area contributed by atoms with E-state index in [9.17, 15) is 71.7 Å². The number of aromatic nitrogens is 1. The molecule has 532 valence electrons. The minimum Gasteiger partial charge on any atom is -0.504 e. The van der Waals surface area contributed by atoms with Crippen molar-refractivity contribution in [2.75, 3.05) is 40.0 Å². The number of rotatable bonds is 33. The van der Waals surface area contributed by atoms with Crippen LogP contribution in [0.1, 0.15) is 115 Å². The van der Waals surface area contributed by atoms with Crippen molar-refractivity contribution in [1.29, 1.82) is 0 Å². The van der Waals surface area contributed by atoms with Crippen molar-refractivity contribution >= 4 is 82.1 Å². The minimum absolute atomic E-state index is 0.0154. The zero-order chi connectivity index (χ0) is 72.4. The number of amides is 8. The van der Waals surface area contributed by atoms with Gasteiger partial charge in [0.2, 0.25) is 41.4 Å². The number of nitrogens with one attached hydrogen (secondary N) is 7. The van der Waals surface area contributed by atoms with E-state index >= 15 is 0 Å². The van der Waals surface area contributed by atoms with Gasteiger partial charge in [0.1, 0.15) is 30.2 Å². The van der Waals surface area contributed by atoms with Crippen molar-refractivity contribution < 1.29 is 81.2 Å². The van der Waals surface area contributed by atoms with E-state index in [-0.39, 0.29) is 94.3 Å². The number of methoxy groups -OCH3 is 1. The molecule has 0 spiro atoms. The van der Waals surface area contributed by atoms with Crippen molar-refractivity contribution in [1.82, 2.24) is 47.1 Å². The molecule has 5 aromatic carbocycles. The number of hydrogen-bond acceptors (Lipinski definition) is 15. The van der Waals surface area contributed by atoms with Gasteiger partial charge in [-0.05, 0) is 103 Å². The second-order valence-electron chi connectivity index (χ2n) is 25.4. The summed E-state index contributed by atoms with van der Waals surface area (Å²) in [7, 11) is -4.65. The Bertz CT molecular complexity index is 3860. The highest BCUT2D eigenvalue weighted by molar-refractivity contribution is 9.10. The van der Waals surface area contributed by atoms with E-state index in [0.29, 0.717) is 23.1 Å². The summed E-state index contributed by atoms with van der Waals surface area (Å²) < 4.78 is 53.1. The van der Waals surface area contributed by atoms with Gasteiger partial charge < -0.3 is 71.6 Å². The van der Waals surface area contributed by atoms with Gasteiger partial charge in [0.05, 0.1) is 55.0 Å². The SMILES string of the molecule is COc1cc(CC(=O)NC(Cc2ccccc2)C(=O)NC(Cc2ccc(C(F)(F)P(=O)(O)O)cc2)C(=O)NC(CCCCNC(=O)c2ccc(C)c(Br)c2)C(=O)NCCOCCC(=O)NC(C(=O)N2CC(O)CC2C(=O)NC(C)c2ccc(-c3scnc3C)cc2)C(C)(C)C)ccc1O. The lowest BCUT2D eigenvalue weighted by Crippen LogP contribution is -2.58. The van der Waals surface area contributed by atoms with Gasteiger partial charge in [-0.15, -0.1) is 11.3 Å². The van der Waals surface area contributed by atoms with Crippen LogP contribution in [0.25, 0.3) is 10.4 Å². The second kappa shape index (κ2) is 35.5. The summed E-state index contributed by atoms with van der Waals surface area (Å²) >= 11 is 4.96. The van der Waals surface area contributed by atoms with Crippen LogP contribution in [0, 0.1) is 19.3 Å². The predicted octanol–water partition coefficient (Wildman–Crippen LogP) is 7.11. The van der Waals surface area contributed by atoms with Crippen LogP contribution in [0.3, 0.4) is 0 Å². The average molecular weight is 1470 g/mol. The van der Waals surface area contributed by atoms with Crippen LogP contribution in [0.2, 0.25) is 0 Å². The fraction of sp³-hybridized carbons (Fsp3) is 0.414. The van der Waals surface area contributed by atoms with Crippen LogP contribution < -0.4 is 42.0 Å². The van der Waals surface area contributed by atoms with E-state index in [1.165, 1.54) is 41.5 Å². The standard InChI is InChI=1S/C70H85BrF2N9O15PS/c1-41-16-20-49(37-52(41)71)63(87)74-29-12-11-15-53(64(88)75-30-32-97-31-28-59(85)81-62(69(4,5)6)68(92)82-39-51(83)38-56(82)67(91)77-42(2)47-21-23-48(24-22-47)61-43(3)76-40-99-61)79-66(90)55(34-45-17-25-50(26-18-45)70(72,73)98(93,94)95)80-65(89)54(33-44-13-9-8-10-14-44)78-60(86)36-46-19-27-57(84)58(35-46)96-7/h8-10,13-14,16-27,35,37,40,42,51,53-56,62,83-84H,11-12,15,28-34,36,38-39H2,1-7H3,(H,74,87)(H,75,88)(H,77,91)(H,78,86)(H,79,90)(H,80,89)(H,81,85)(H2,93,94,95). The first-order chi connectivity index (χ1) is 46.8. The molecule has 1 aromatic heterocycles. The minimum atomic E-state index is -5.98. The average Bonchev–Trinajstić information content (AvgIpc) is 1.67. The maximum Gasteiger partial charge on any atom is 0.399 e. The lowest BCUT2D eigenvalue weighted by atomic mass is 9.85. The third-order valence-corrected chi connectivity index (χ3v) is 19.5. The molecule has 2 heterocycles. The highest BCUT2D eigenvalue weighted by Gasteiger charge is 2.50. The Labute approximate surface area is 585 Å². The number of phenolic OH excluding ortho intramolecular Hbond substituents is 1. The summed E-state index contributed by atoms with van der Waals surface area (Å²) in [5.74, 6) is -5.22. The van der Waals surface area contributed by atoms with Crippen LogP contribution in [0.15, 0.2) is 125 Å². The van der Waals surface area contributed by atoms with Gasteiger partial charge in [-0.1, -0.05) is 128 Å². The molecule has 8 amide bonds. The highest BCUT2D eigenvalue weighted by Crippen LogP contribution is 2.59. The maximum atomic E-state index is 14.8. The molecule has 1 saturated heterocycles. The van der Waals surface area contributed by atoms with Crippen molar-refractivity contribution in [2.45, 2.75) is 141 Å². The summed E-state index contributed by atoms with van der Waals surface area (Å²) in [5.41, 5.74) is 0.486. The van der Waals surface area contributed by atoms with E-state index in [1.54, 1.807) is 74.8 Å². The third kappa shape index (κ3) is 22.2. The van der Waals surface area contributed by atoms with Gasteiger partial charge >= 0.3 is 13.3 Å². The topological polar surface area (TPSA) is 353 Å². The number of nitrogens with zero attached hydrogens (tertiary/aromatic N) is 2. The number of aliphatic hydroxyl groups excluding tert-OH is 1. The Balaban J connectivity index is 1.02. The first kappa shape index (κ1) is 77.8. The molecule has 0 saturated carbocycles. The van der Waals surface area contributed by atoms with Crippen molar-refractivity contribution in [3.05, 3.63) is 170 Å². The van der Waals surface area contributed by atoms with E-state index in [0.717, 1.165) is 56.0 Å². The van der Waals surface area contributed by atoms with Gasteiger partial charge in [0.25, 0.3) is 5.91 Å². The summed E-state index contributed by atoms with van der Waals surface area (Å²) in [6.07, 6.45) is -1.55. The molecule has 7 unspecified atom stereocenters. The molecule has 1 aliphatic rings. The largest absolute Gasteiger partial charge is 0.504 e. The summed E-state index contributed by atoms with van der Waals surface area (Å²) in [4.78, 5) is 138. The fourth-order valence-corrected chi connectivity index (χ4v) is 12.7. The number of phenols is 1. The Morgan fingerprint density at radius 3 is 2.02 bits per heavy atom. The Hall–Kier alpha value is -8.50. The number of carbonyl (C=O) groups is 8. The predicted molar refractivity (Wildman–Crippen MR) is 370 cm³/mol. The molecule has 1 fully saturated rings. The van der Waals surface area contributed by atoms with Gasteiger partial charge in [0.15, 0.2) is 11.5 Å². The smallest absolute Gasteiger partial charge is 0.399 e. The lowest BCUT2D eigenvalue weighted by molar-refractivity contribution is -0.144. The zero-order valence-corrected chi connectivity index (χ0v) is 59.2. The summed E-state index contributed by atoms with van der Waals surface area (Å²) in [6.45, 7) is 10.4. The second-order valence-corrected chi connectivity index (χ2v) is 28.7. The van der Waals surface area contributed by atoms with Crippen molar-refractivity contribution in [2.24, 2.45) is 5.41 Å². The van der Waals surface area contributed by atoms with Gasteiger partial charge in [-0.3, -0.25) is 42.9 Å². The number of aromatic hydroxyl groups is 1. The van der Waals surface area contributed by atoms with Crippen LogP contribution in [-0.4, -0.2) is 153 Å². The zero-order valence-electron chi connectivity index (χ0n) is 55.9. The van der Waals surface area contributed by atoms with E-state index < -0.39 is 114 Å². The third-order valence-electron chi connectivity index (χ3n) is 16.6. The molecule has 1 aliphatic heterocycles. The number of unbranched alkanes of at least 4 members (excludes halogenated alkanes) is 1. The first-order valence-corrected chi connectivity index (χ1v) is 35.4. The number of hydrogen-bond donors (Lipinski definition) is 11. The molecule has 6 aromatic rings. The number of benzene rings is 5. The Kier molecular flexibility index (Phi) is 27.9. The number of ether oxygens (including phenoxy) is 2. The molecule has 99 heavy (non-hydrogen) atoms. The van der Waals surface area contributed by atoms with E-state index in [4.69, 9.17) is 9.47 Å². The molecule has 29 heteroatoms. The number of aliphatic hydroxyl groups is 1. The van der Waals surface area contributed by atoms with E-state index in [2.05, 4.69) is 58.1 Å². The number of aryl methyl sites for hydroxylation is 2. The van der Waals surface area contributed by atoms with Gasteiger partial charge in [-0.25, -0.2) is 4.98 Å². The Morgan fingerprint density at radius 2 is 1.39 bits per heavy atom. The molecule has 0 bridgehead atoms. The Morgan fingerprint density at radius 1 is 0.747 bits per heavy atom. The first-order valence-electron chi connectivity index (χ1n) is 32.1. The van der Waals surface area contributed by atoms with E-state index in [1.807, 2.05) is 45.0 Å². The van der Waals surface area contributed by atoms with Crippen LogP contribution >= 0.6 is 34.9 Å². The number of carbonyl (C=O) groups excluding carboxylic acids is 8. The molecule has 7 atom stereocenters. The summed E-state index contributed by atoms with van der Waals surface area (Å²) in [6, 6.07) is 22.5. The molecule has 0 radical (unpaired) electrons. The summed E-state index contributed by atoms with van der Waals surface area (Å²) in [5, 5.41) is 40.4. The monoisotopic (exact) mass is 1470 g/mol. The maximum absolute atomic E-state index is 14.8. The van der Waals surface area contributed by atoms with Gasteiger partial charge in [-0.2, -0.15) is 8.78 Å². The molecule has 7 rings (SSSR count). The normalized spacial score (nSPS) is 15.5. The highest BCUT2D eigenvalue weighted by atomic mass is 79.9. The quantitative estimate of drug-likeness (QED) is 0.0144. The number of likely N-dealkylation sites (tertiary alicyclic amines) is 1. The van der Waals surface area contributed by atoms with Crippen LogP contribution in [-0.2, 0) is 67.8 Å². The van der Waals surface area contributed by atoms with Crippen molar-refractivity contribution in [3.8, 4) is 21.9 Å². The van der Waals surface area contributed by atoms with Crippen LogP contribution in [0.4, 0.5) is 8.78 Å². The van der Waals surface area contributed by atoms with Crippen LogP contribution in [0.5, 0.6) is 11.5 Å². The molecule has 11 N–H and O–H groups in total. The molecular formula is C70H85BrF2N9O15PS. The number of thiazole rings is 1. The van der Waals surface area contributed by atoms with Crippen molar-refractivity contribution in [3.63, 3.8) is 0 Å². The number of halogens is 3. The molecule has 0 aliphatic carbocycles. The molecular weight excluding hydrogens is 1390 g/mol. The number of β-amino-alcohol motifs (C(OH)–C–C–N with tert-alkyl or cyclic N) is 1. The van der Waals surface area contributed by atoms with Gasteiger partial charge in [0, 0.05) is 60.9 Å². The lowest BCUT2D eigenvalue weighted by Gasteiger charge is -2.35. The fourth-order valence-electron chi connectivity index (χ4n) is 11.0.